The second-order valence-electron chi connectivity index (χ2n) is 8.29. The summed E-state index contributed by atoms with van der Waals surface area (Å²) in [7, 11) is 0. The third kappa shape index (κ3) is 3.39. The lowest BCUT2D eigenvalue weighted by Gasteiger charge is -2.45. The smallest absolute Gasteiger partial charge is 0.261 e. The number of hydrogen-bond donors (Lipinski definition) is 2. The number of guanidine groups is 2. The van der Waals surface area contributed by atoms with Crippen LogP contribution in [-0.2, 0) is 6.54 Å². The first-order valence-electron chi connectivity index (χ1n) is 10.7. The SMILES string of the molecule is NC1=NC2(CCCCC2)N(c2ccc3c(=O)n(Cc4ccccc4F)cnc3c2)C(N)=N1. The van der Waals surface area contributed by atoms with Crippen molar-refractivity contribution in [3.8, 4) is 0 Å². The topological polar surface area (TPSA) is 115 Å². The van der Waals surface area contributed by atoms with Gasteiger partial charge in [-0.15, -0.1) is 0 Å². The highest BCUT2D eigenvalue weighted by Gasteiger charge is 2.42. The molecule has 5 rings (SSSR count). The number of anilines is 1. The van der Waals surface area contributed by atoms with Crippen molar-refractivity contribution in [1.82, 2.24) is 9.55 Å². The lowest BCUT2D eigenvalue weighted by Crippen LogP contribution is -2.58. The van der Waals surface area contributed by atoms with Crippen LogP contribution >= 0.6 is 0 Å². The van der Waals surface area contributed by atoms with Crippen LogP contribution in [0.2, 0.25) is 0 Å². The Balaban J connectivity index is 1.54. The van der Waals surface area contributed by atoms with Gasteiger partial charge in [0.2, 0.25) is 11.9 Å². The van der Waals surface area contributed by atoms with Crippen molar-refractivity contribution in [1.29, 1.82) is 0 Å². The molecule has 1 aromatic heterocycles. The molecule has 0 bridgehead atoms. The molecule has 0 unspecified atom stereocenters. The third-order valence-corrected chi connectivity index (χ3v) is 6.22. The van der Waals surface area contributed by atoms with Crippen LogP contribution in [-0.4, -0.2) is 27.1 Å². The van der Waals surface area contributed by atoms with Crippen LogP contribution in [0.15, 0.2) is 63.6 Å². The fourth-order valence-electron chi connectivity index (χ4n) is 4.70. The maximum absolute atomic E-state index is 14.0. The maximum Gasteiger partial charge on any atom is 0.261 e. The van der Waals surface area contributed by atoms with Crippen molar-refractivity contribution in [2.24, 2.45) is 21.5 Å². The fourth-order valence-corrected chi connectivity index (χ4v) is 4.70. The summed E-state index contributed by atoms with van der Waals surface area (Å²) in [6.07, 6.45) is 6.27. The van der Waals surface area contributed by atoms with E-state index in [9.17, 15) is 9.18 Å². The predicted octanol–water partition coefficient (Wildman–Crippen LogP) is 2.69. The van der Waals surface area contributed by atoms with Crippen molar-refractivity contribution in [2.45, 2.75) is 44.3 Å². The van der Waals surface area contributed by atoms with Crippen LogP contribution in [0.5, 0.6) is 0 Å². The quantitative estimate of drug-likeness (QED) is 0.659. The molecule has 1 fully saturated rings. The van der Waals surface area contributed by atoms with Gasteiger partial charge in [0.1, 0.15) is 11.5 Å². The molecule has 0 atom stereocenters. The first-order valence-corrected chi connectivity index (χ1v) is 10.7. The molecular formula is C23H24FN7O. The summed E-state index contributed by atoms with van der Waals surface area (Å²) in [6.45, 7) is 0.110. The molecule has 2 aromatic carbocycles. The molecule has 1 spiro atoms. The average Bonchev–Trinajstić information content (AvgIpc) is 2.77. The minimum atomic E-state index is -0.568. The molecule has 3 aromatic rings. The number of nitrogens with zero attached hydrogens (tertiary/aromatic N) is 5. The van der Waals surface area contributed by atoms with Crippen molar-refractivity contribution >= 4 is 28.5 Å². The summed E-state index contributed by atoms with van der Waals surface area (Å²) in [4.78, 5) is 28.3. The van der Waals surface area contributed by atoms with E-state index in [1.54, 1.807) is 24.3 Å². The fraction of sp³-hybridized carbons (Fsp3) is 0.304. The zero-order chi connectivity index (χ0) is 22.3. The molecule has 1 saturated carbocycles. The largest absolute Gasteiger partial charge is 0.369 e. The molecule has 32 heavy (non-hydrogen) atoms. The van der Waals surface area contributed by atoms with Gasteiger partial charge in [0.25, 0.3) is 5.56 Å². The summed E-state index contributed by atoms with van der Waals surface area (Å²) in [6, 6.07) is 11.8. The number of aromatic nitrogens is 2. The van der Waals surface area contributed by atoms with E-state index >= 15 is 0 Å². The number of benzene rings is 2. The molecule has 0 amide bonds. The third-order valence-electron chi connectivity index (χ3n) is 6.22. The van der Waals surface area contributed by atoms with Crippen molar-refractivity contribution < 1.29 is 4.39 Å². The Bertz CT molecular complexity index is 1310. The van der Waals surface area contributed by atoms with Crippen LogP contribution in [0.4, 0.5) is 10.1 Å². The lowest BCUT2D eigenvalue weighted by atomic mass is 9.87. The lowest BCUT2D eigenvalue weighted by molar-refractivity contribution is 0.305. The van der Waals surface area contributed by atoms with Crippen molar-refractivity contribution in [3.63, 3.8) is 0 Å². The van der Waals surface area contributed by atoms with Gasteiger partial charge in [-0.05, 0) is 49.9 Å². The normalized spacial score (nSPS) is 18.0. The van der Waals surface area contributed by atoms with Gasteiger partial charge in [0.15, 0.2) is 0 Å². The molecule has 0 radical (unpaired) electrons. The molecule has 2 heterocycles. The van der Waals surface area contributed by atoms with Crippen LogP contribution in [0.1, 0.15) is 37.7 Å². The Morgan fingerprint density at radius 3 is 2.62 bits per heavy atom. The molecule has 1 aliphatic carbocycles. The summed E-state index contributed by atoms with van der Waals surface area (Å²) in [5.41, 5.74) is 13.2. The highest BCUT2D eigenvalue weighted by Crippen LogP contribution is 2.39. The number of rotatable bonds is 3. The predicted molar refractivity (Wildman–Crippen MR) is 123 cm³/mol. The Hall–Kier alpha value is -3.75. The van der Waals surface area contributed by atoms with Gasteiger partial charge in [0, 0.05) is 11.3 Å². The van der Waals surface area contributed by atoms with Gasteiger partial charge in [-0.25, -0.2) is 14.4 Å². The van der Waals surface area contributed by atoms with Crippen LogP contribution in [0, 0.1) is 5.82 Å². The van der Waals surface area contributed by atoms with Crippen molar-refractivity contribution in [2.75, 3.05) is 4.90 Å². The van der Waals surface area contributed by atoms with E-state index < -0.39 is 5.66 Å². The molecular weight excluding hydrogens is 409 g/mol. The van der Waals surface area contributed by atoms with Crippen LogP contribution in [0.25, 0.3) is 10.9 Å². The molecule has 2 aliphatic rings. The summed E-state index contributed by atoms with van der Waals surface area (Å²) in [5, 5.41) is 0.445. The highest BCUT2D eigenvalue weighted by atomic mass is 19.1. The Morgan fingerprint density at radius 1 is 1.06 bits per heavy atom. The molecule has 1 aliphatic heterocycles. The summed E-state index contributed by atoms with van der Waals surface area (Å²) >= 11 is 0. The second kappa shape index (κ2) is 7.74. The first-order chi connectivity index (χ1) is 15.5. The standard InChI is InChI=1S/C23H24FN7O/c24-18-7-3-2-6-15(18)13-30-14-27-19-12-16(8-9-17(19)20(30)32)31-22(26)28-21(25)29-23(31)10-4-1-5-11-23/h2-3,6-9,12,14H,1,4-5,10-11,13H2,(H4,25,26,28,29). The molecule has 0 saturated heterocycles. The number of aliphatic imine (C=N–C) groups is 2. The number of halogens is 1. The van der Waals surface area contributed by atoms with E-state index in [4.69, 9.17) is 11.5 Å². The zero-order valence-electron chi connectivity index (χ0n) is 17.5. The van der Waals surface area contributed by atoms with Gasteiger partial charge in [-0.2, -0.15) is 4.99 Å². The average molecular weight is 433 g/mol. The van der Waals surface area contributed by atoms with E-state index in [-0.39, 0.29) is 29.8 Å². The Labute approximate surface area is 184 Å². The van der Waals surface area contributed by atoms with E-state index in [1.807, 2.05) is 17.0 Å². The van der Waals surface area contributed by atoms with Gasteiger partial charge in [0.05, 0.1) is 23.8 Å². The molecule has 164 valence electrons. The van der Waals surface area contributed by atoms with Gasteiger partial charge < -0.3 is 11.5 Å². The van der Waals surface area contributed by atoms with E-state index in [0.717, 1.165) is 37.8 Å². The molecule has 9 heteroatoms. The Morgan fingerprint density at radius 2 is 1.84 bits per heavy atom. The highest BCUT2D eigenvalue weighted by molar-refractivity contribution is 6.06. The van der Waals surface area contributed by atoms with Crippen molar-refractivity contribution in [3.05, 3.63) is 70.5 Å². The maximum atomic E-state index is 14.0. The van der Waals surface area contributed by atoms with Gasteiger partial charge >= 0.3 is 0 Å². The molecule has 4 N–H and O–H groups in total. The molecule has 8 nitrogen and oxygen atoms in total. The Kier molecular flexibility index (Phi) is 4.88. The first kappa shape index (κ1) is 20.2. The van der Waals surface area contributed by atoms with E-state index in [2.05, 4.69) is 15.0 Å². The monoisotopic (exact) mass is 433 g/mol. The summed E-state index contributed by atoms with van der Waals surface area (Å²) < 4.78 is 15.4. The minimum absolute atomic E-state index is 0.110. The zero-order valence-corrected chi connectivity index (χ0v) is 17.5. The van der Waals surface area contributed by atoms with E-state index in [0.29, 0.717) is 16.5 Å². The van der Waals surface area contributed by atoms with Gasteiger partial charge in [-0.3, -0.25) is 14.3 Å². The van der Waals surface area contributed by atoms with Crippen LogP contribution < -0.4 is 21.9 Å². The number of nitrogens with two attached hydrogens (primary N) is 2. The number of fused-ring (bicyclic) bond motifs is 1. The second-order valence-corrected chi connectivity index (χ2v) is 8.29. The van der Waals surface area contributed by atoms with E-state index in [1.165, 1.54) is 17.0 Å². The minimum Gasteiger partial charge on any atom is -0.369 e. The van der Waals surface area contributed by atoms with Gasteiger partial charge in [-0.1, -0.05) is 24.6 Å². The summed E-state index contributed by atoms with van der Waals surface area (Å²) in [5.74, 6) is 0.120. The number of hydrogen-bond acceptors (Lipinski definition) is 7. The van der Waals surface area contributed by atoms with Crippen LogP contribution in [0.3, 0.4) is 0 Å².